The predicted molar refractivity (Wildman–Crippen MR) is 127 cm³/mol. The monoisotopic (exact) mass is 461 g/mol. The number of rotatable bonds is 8. The number of hydrogen-bond acceptors (Lipinski definition) is 5. The third kappa shape index (κ3) is 6.86. The Bertz CT molecular complexity index is 1200. The molecule has 0 radical (unpaired) electrons. The molecule has 0 aliphatic carbocycles. The lowest BCUT2D eigenvalue weighted by Gasteiger charge is -2.11. The highest BCUT2D eigenvalue weighted by atomic mass is 35.5. The van der Waals surface area contributed by atoms with Crippen LogP contribution >= 0.6 is 11.6 Å². The van der Waals surface area contributed by atoms with Gasteiger partial charge in [0.1, 0.15) is 23.1 Å². The Morgan fingerprint density at radius 2 is 1.70 bits per heavy atom. The van der Waals surface area contributed by atoms with E-state index in [1.165, 1.54) is 6.08 Å². The van der Waals surface area contributed by atoms with Gasteiger partial charge in [0.15, 0.2) is 6.61 Å². The second-order valence-corrected chi connectivity index (χ2v) is 7.17. The molecule has 0 aliphatic rings. The van der Waals surface area contributed by atoms with Crippen molar-refractivity contribution in [3.05, 3.63) is 89.0 Å². The highest BCUT2D eigenvalue weighted by molar-refractivity contribution is 6.30. The normalized spacial score (nSPS) is 10.6. The Kier molecular flexibility index (Phi) is 8.06. The van der Waals surface area contributed by atoms with Gasteiger partial charge in [0.2, 0.25) is 0 Å². The summed E-state index contributed by atoms with van der Waals surface area (Å²) < 4.78 is 10.7. The van der Waals surface area contributed by atoms with Crippen molar-refractivity contribution in [1.29, 1.82) is 5.26 Å². The van der Waals surface area contributed by atoms with Crippen LogP contribution in [0.4, 0.5) is 11.4 Å². The minimum atomic E-state index is -0.577. The third-order valence-corrected chi connectivity index (χ3v) is 4.64. The van der Waals surface area contributed by atoms with Gasteiger partial charge in [-0.05, 0) is 60.7 Å². The van der Waals surface area contributed by atoms with Crippen molar-refractivity contribution >= 4 is 40.9 Å². The number of nitrogens with one attached hydrogen (secondary N) is 2. The molecule has 0 aromatic heterocycles. The fourth-order valence-corrected chi connectivity index (χ4v) is 2.98. The molecule has 0 fully saturated rings. The Morgan fingerprint density at radius 1 is 1.00 bits per heavy atom. The number of methoxy groups -OCH3 is 1. The van der Waals surface area contributed by atoms with E-state index >= 15 is 0 Å². The van der Waals surface area contributed by atoms with Crippen LogP contribution in [-0.4, -0.2) is 25.5 Å². The van der Waals surface area contributed by atoms with E-state index in [-0.39, 0.29) is 18.1 Å². The molecule has 0 spiro atoms. The lowest BCUT2D eigenvalue weighted by molar-refractivity contribution is -0.118. The minimum absolute atomic E-state index is 0.145. The summed E-state index contributed by atoms with van der Waals surface area (Å²) in [6.07, 6.45) is 1.36. The topological polar surface area (TPSA) is 100 Å². The predicted octanol–water partition coefficient (Wildman–Crippen LogP) is 4.91. The first kappa shape index (κ1) is 23.4. The van der Waals surface area contributed by atoms with Crippen molar-refractivity contribution in [2.24, 2.45) is 0 Å². The van der Waals surface area contributed by atoms with E-state index in [9.17, 15) is 14.9 Å². The average molecular weight is 462 g/mol. The lowest BCUT2D eigenvalue weighted by Crippen LogP contribution is -2.20. The molecule has 0 bridgehead atoms. The molecular weight excluding hydrogens is 442 g/mol. The molecule has 0 atom stereocenters. The summed E-state index contributed by atoms with van der Waals surface area (Å²) in [7, 11) is 1.56. The van der Waals surface area contributed by atoms with Crippen LogP contribution < -0.4 is 20.1 Å². The van der Waals surface area contributed by atoms with Gasteiger partial charge in [-0.25, -0.2) is 0 Å². The summed E-state index contributed by atoms with van der Waals surface area (Å²) in [5.41, 5.74) is 1.39. The fraction of sp³-hybridized carbons (Fsp3) is 0.0800. The largest absolute Gasteiger partial charge is 0.497 e. The zero-order valence-electron chi connectivity index (χ0n) is 17.7. The molecule has 8 heteroatoms. The van der Waals surface area contributed by atoms with Gasteiger partial charge in [0.05, 0.1) is 7.11 Å². The van der Waals surface area contributed by atoms with Crippen LogP contribution in [0.3, 0.4) is 0 Å². The maximum atomic E-state index is 12.5. The van der Waals surface area contributed by atoms with Crippen LogP contribution in [0.5, 0.6) is 11.5 Å². The van der Waals surface area contributed by atoms with Crippen molar-refractivity contribution < 1.29 is 19.1 Å². The van der Waals surface area contributed by atoms with E-state index in [1.807, 2.05) is 12.1 Å². The van der Waals surface area contributed by atoms with Crippen LogP contribution in [0.25, 0.3) is 6.08 Å². The first-order valence-corrected chi connectivity index (χ1v) is 10.2. The van der Waals surface area contributed by atoms with E-state index in [1.54, 1.807) is 73.8 Å². The van der Waals surface area contributed by atoms with Crippen molar-refractivity contribution in [3.63, 3.8) is 0 Å². The number of benzene rings is 3. The number of nitriles is 1. The first-order chi connectivity index (χ1) is 16.0. The first-order valence-electron chi connectivity index (χ1n) is 9.83. The molecule has 0 unspecified atom stereocenters. The zero-order valence-corrected chi connectivity index (χ0v) is 18.4. The third-order valence-electron chi connectivity index (χ3n) is 4.40. The molecule has 0 saturated carbocycles. The molecule has 2 amide bonds. The van der Waals surface area contributed by atoms with Gasteiger partial charge < -0.3 is 20.1 Å². The van der Waals surface area contributed by atoms with Crippen LogP contribution in [0, 0.1) is 11.3 Å². The standard InChI is InChI=1S/C25H20ClN3O4/c1-32-22-10-8-21(9-11-22)28-24(30)16-33-23-12-7-19(26)14-17(23)13-18(15-27)25(31)29-20-5-3-2-4-6-20/h2-14H,16H2,1H3,(H,28,30)(H,29,31). The lowest BCUT2D eigenvalue weighted by atomic mass is 10.1. The number of amides is 2. The number of hydrogen-bond donors (Lipinski definition) is 2. The number of anilines is 2. The van der Waals surface area contributed by atoms with Crippen molar-refractivity contribution in [2.45, 2.75) is 0 Å². The molecule has 33 heavy (non-hydrogen) atoms. The number of carbonyl (C=O) groups excluding carboxylic acids is 2. The highest BCUT2D eigenvalue weighted by Gasteiger charge is 2.13. The summed E-state index contributed by atoms with van der Waals surface area (Å²) in [5.74, 6) is 0.00947. The summed E-state index contributed by atoms with van der Waals surface area (Å²) in [4.78, 5) is 24.8. The molecule has 7 nitrogen and oxygen atoms in total. The smallest absolute Gasteiger partial charge is 0.266 e. The van der Waals surface area contributed by atoms with Gasteiger partial charge >= 0.3 is 0 Å². The SMILES string of the molecule is COc1ccc(NC(=O)COc2ccc(Cl)cc2C=C(C#N)C(=O)Nc2ccccc2)cc1. The van der Waals surface area contributed by atoms with E-state index in [2.05, 4.69) is 10.6 Å². The summed E-state index contributed by atoms with van der Waals surface area (Å²) >= 11 is 6.09. The Balaban J connectivity index is 1.71. The molecule has 3 aromatic rings. The molecule has 2 N–H and O–H groups in total. The summed E-state index contributed by atoms with van der Waals surface area (Å²) in [6, 6.07) is 22.2. The van der Waals surface area contributed by atoms with Crippen molar-refractivity contribution in [2.75, 3.05) is 24.4 Å². The van der Waals surface area contributed by atoms with Gasteiger partial charge in [-0.15, -0.1) is 0 Å². The van der Waals surface area contributed by atoms with E-state index in [0.29, 0.717) is 33.5 Å². The number of halogens is 1. The number of ether oxygens (including phenoxy) is 2. The van der Waals surface area contributed by atoms with E-state index in [0.717, 1.165) is 0 Å². The fourth-order valence-electron chi connectivity index (χ4n) is 2.80. The zero-order chi connectivity index (χ0) is 23.6. The second-order valence-electron chi connectivity index (χ2n) is 6.74. The number of para-hydroxylation sites is 1. The quantitative estimate of drug-likeness (QED) is 0.366. The summed E-state index contributed by atoms with van der Waals surface area (Å²) in [5, 5.41) is 15.2. The van der Waals surface area contributed by atoms with E-state index in [4.69, 9.17) is 21.1 Å². The van der Waals surface area contributed by atoms with Gasteiger partial charge in [-0.3, -0.25) is 9.59 Å². The van der Waals surface area contributed by atoms with Crippen molar-refractivity contribution in [3.8, 4) is 17.6 Å². The van der Waals surface area contributed by atoms with Crippen LogP contribution in [0.2, 0.25) is 5.02 Å². The second kappa shape index (κ2) is 11.4. The molecular formula is C25H20ClN3O4. The maximum Gasteiger partial charge on any atom is 0.266 e. The maximum absolute atomic E-state index is 12.5. The highest BCUT2D eigenvalue weighted by Crippen LogP contribution is 2.26. The molecule has 166 valence electrons. The van der Waals surface area contributed by atoms with Gasteiger partial charge in [0.25, 0.3) is 11.8 Å². The molecule has 3 rings (SSSR count). The van der Waals surface area contributed by atoms with Crippen LogP contribution in [0.15, 0.2) is 78.4 Å². The molecule has 3 aromatic carbocycles. The van der Waals surface area contributed by atoms with Crippen LogP contribution in [-0.2, 0) is 9.59 Å². The van der Waals surface area contributed by atoms with Crippen LogP contribution in [0.1, 0.15) is 5.56 Å². The van der Waals surface area contributed by atoms with Gasteiger partial charge in [-0.2, -0.15) is 5.26 Å². The molecule has 0 aliphatic heterocycles. The number of carbonyl (C=O) groups is 2. The van der Waals surface area contributed by atoms with Gasteiger partial charge in [-0.1, -0.05) is 29.8 Å². The molecule has 0 saturated heterocycles. The number of nitrogens with zero attached hydrogens (tertiary/aromatic N) is 1. The Labute approximate surface area is 196 Å². The Hall–Kier alpha value is -4.28. The van der Waals surface area contributed by atoms with E-state index < -0.39 is 5.91 Å². The minimum Gasteiger partial charge on any atom is -0.497 e. The Morgan fingerprint density at radius 3 is 2.36 bits per heavy atom. The van der Waals surface area contributed by atoms with Gasteiger partial charge in [0, 0.05) is 22.0 Å². The molecule has 0 heterocycles. The average Bonchev–Trinajstić information content (AvgIpc) is 2.83. The van der Waals surface area contributed by atoms with Crippen molar-refractivity contribution in [1.82, 2.24) is 0 Å². The summed E-state index contributed by atoms with van der Waals surface area (Å²) in [6.45, 7) is -0.285.